The minimum Gasteiger partial charge on any atom is -0.490 e. The highest BCUT2D eigenvalue weighted by Gasteiger charge is 2.19. The molecule has 8 nitrogen and oxygen atoms in total. The number of rotatable bonds is 11. The highest BCUT2D eigenvalue weighted by atomic mass is 32.2. The normalized spacial score (nSPS) is 13.1. The fourth-order valence-corrected chi connectivity index (χ4v) is 3.44. The fraction of sp³-hybridized carbons (Fsp3) is 0.435. The molecule has 0 unspecified atom stereocenters. The first-order valence-corrected chi connectivity index (χ1v) is 12.3. The van der Waals surface area contributed by atoms with Crippen LogP contribution in [0.3, 0.4) is 0 Å². The maximum absolute atomic E-state index is 12.6. The highest BCUT2D eigenvalue weighted by Crippen LogP contribution is 2.31. The molecule has 0 saturated heterocycles. The van der Waals surface area contributed by atoms with Crippen LogP contribution in [0.2, 0.25) is 0 Å². The first kappa shape index (κ1) is 25.3. The summed E-state index contributed by atoms with van der Waals surface area (Å²) in [5, 5.41) is 2.94. The van der Waals surface area contributed by atoms with Gasteiger partial charge in [0.25, 0.3) is 5.91 Å². The Bertz CT molecular complexity index is 1010. The molecule has 0 aliphatic rings. The number of benzene rings is 2. The van der Waals surface area contributed by atoms with Crippen molar-refractivity contribution < 1.29 is 27.4 Å². The summed E-state index contributed by atoms with van der Waals surface area (Å²) in [4.78, 5) is 12.6. The Hall–Kier alpha value is -2.94. The SMILES string of the molecule is CCOc1ccc([C@@H](C)NC(=O)[C@H](C)Oc2ccc(N(C)S(C)(=O)=O)cc2)cc1OCC. The maximum atomic E-state index is 12.6. The van der Waals surface area contributed by atoms with Gasteiger partial charge in [-0.05, 0) is 69.7 Å². The molecule has 0 spiro atoms. The molecule has 0 bridgehead atoms. The number of carbonyl (C=O) groups excluding carboxylic acids is 1. The zero-order valence-corrected chi connectivity index (χ0v) is 20.2. The molecule has 176 valence electrons. The topological polar surface area (TPSA) is 94.2 Å². The van der Waals surface area contributed by atoms with E-state index in [1.54, 1.807) is 31.2 Å². The van der Waals surface area contributed by atoms with Crippen LogP contribution in [0.5, 0.6) is 17.2 Å². The van der Waals surface area contributed by atoms with Crippen LogP contribution in [0.4, 0.5) is 5.69 Å². The standard InChI is InChI=1S/C23H32N2O6S/c1-7-29-21-14-9-18(15-22(21)30-8-2)16(3)24-23(26)17(4)31-20-12-10-19(11-13-20)25(5)32(6,27)28/h9-17H,7-8H2,1-6H3,(H,24,26)/t16-,17+/m1/s1. The van der Waals surface area contributed by atoms with Gasteiger partial charge in [-0.3, -0.25) is 9.10 Å². The molecule has 9 heteroatoms. The second-order valence-electron chi connectivity index (χ2n) is 7.29. The van der Waals surface area contributed by atoms with Crippen molar-refractivity contribution in [3.63, 3.8) is 0 Å². The summed E-state index contributed by atoms with van der Waals surface area (Å²) in [6.07, 6.45) is 0.386. The maximum Gasteiger partial charge on any atom is 0.261 e. The molecule has 0 fully saturated rings. The zero-order valence-electron chi connectivity index (χ0n) is 19.4. The van der Waals surface area contributed by atoms with Gasteiger partial charge in [-0.1, -0.05) is 6.07 Å². The number of hydrogen-bond donors (Lipinski definition) is 1. The number of nitrogens with zero attached hydrogens (tertiary/aromatic N) is 1. The highest BCUT2D eigenvalue weighted by molar-refractivity contribution is 7.92. The molecular formula is C23H32N2O6S. The van der Waals surface area contributed by atoms with Gasteiger partial charge in [0.05, 0.1) is 31.2 Å². The van der Waals surface area contributed by atoms with Crippen molar-refractivity contribution in [3.05, 3.63) is 48.0 Å². The molecule has 1 N–H and O–H groups in total. The molecule has 2 rings (SSSR count). The van der Waals surface area contributed by atoms with E-state index in [1.807, 2.05) is 39.0 Å². The van der Waals surface area contributed by atoms with Crippen LogP contribution < -0.4 is 23.8 Å². The predicted molar refractivity (Wildman–Crippen MR) is 125 cm³/mol. The lowest BCUT2D eigenvalue weighted by molar-refractivity contribution is -0.127. The predicted octanol–water partition coefficient (Wildman–Crippen LogP) is 3.52. The molecule has 2 aromatic rings. The molecule has 1 amide bonds. The van der Waals surface area contributed by atoms with E-state index in [0.717, 1.165) is 11.8 Å². The van der Waals surface area contributed by atoms with Crippen LogP contribution in [-0.2, 0) is 14.8 Å². The Balaban J connectivity index is 2.02. The first-order chi connectivity index (χ1) is 15.1. The fourth-order valence-electron chi connectivity index (χ4n) is 2.93. The van der Waals surface area contributed by atoms with Crippen LogP contribution >= 0.6 is 0 Å². The van der Waals surface area contributed by atoms with Crippen molar-refractivity contribution in [2.45, 2.75) is 39.8 Å². The van der Waals surface area contributed by atoms with E-state index in [-0.39, 0.29) is 11.9 Å². The van der Waals surface area contributed by atoms with Crippen LogP contribution in [0.1, 0.15) is 39.3 Å². The summed E-state index contributed by atoms with van der Waals surface area (Å²) >= 11 is 0. The van der Waals surface area contributed by atoms with E-state index in [2.05, 4.69) is 5.32 Å². The largest absolute Gasteiger partial charge is 0.490 e. The van der Waals surface area contributed by atoms with Gasteiger partial charge in [-0.2, -0.15) is 0 Å². The summed E-state index contributed by atoms with van der Waals surface area (Å²) < 4.78 is 41.4. The van der Waals surface area contributed by atoms with Crippen molar-refractivity contribution in [2.24, 2.45) is 0 Å². The number of amides is 1. The molecule has 0 radical (unpaired) electrons. The smallest absolute Gasteiger partial charge is 0.261 e. The average Bonchev–Trinajstić information content (AvgIpc) is 2.74. The lowest BCUT2D eigenvalue weighted by Gasteiger charge is -2.21. The summed E-state index contributed by atoms with van der Waals surface area (Å²) in [6.45, 7) is 8.39. The second-order valence-corrected chi connectivity index (χ2v) is 9.30. The Morgan fingerprint density at radius 3 is 2.16 bits per heavy atom. The molecular weight excluding hydrogens is 432 g/mol. The molecule has 0 aliphatic carbocycles. The van der Waals surface area contributed by atoms with Crippen LogP contribution in [-0.4, -0.2) is 46.9 Å². The quantitative estimate of drug-likeness (QED) is 0.547. The number of hydrogen-bond acceptors (Lipinski definition) is 6. The number of ether oxygens (including phenoxy) is 3. The summed E-state index contributed by atoms with van der Waals surface area (Å²) in [5.41, 5.74) is 1.39. The minimum absolute atomic E-state index is 0.269. The van der Waals surface area contributed by atoms with Crippen LogP contribution in [0, 0.1) is 0 Å². The lowest BCUT2D eigenvalue weighted by Crippen LogP contribution is -2.37. The second kappa shape index (κ2) is 11.1. The van der Waals surface area contributed by atoms with Gasteiger partial charge >= 0.3 is 0 Å². The van der Waals surface area contributed by atoms with Crippen LogP contribution in [0.15, 0.2) is 42.5 Å². The molecule has 0 aliphatic heterocycles. The van der Waals surface area contributed by atoms with Gasteiger partial charge in [0.15, 0.2) is 17.6 Å². The van der Waals surface area contributed by atoms with Gasteiger partial charge in [0.2, 0.25) is 10.0 Å². The van der Waals surface area contributed by atoms with E-state index >= 15 is 0 Å². The van der Waals surface area contributed by atoms with Crippen molar-refractivity contribution in [1.29, 1.82) is 0 Å². The number of carbonyl (C=O) groups is 1. The molecule has 0 heterocycles. The van der Waals surface area contributed by atoms with E-state index < -0.39 is 16.1 Å². The Kier molecular flexibility index (Phi) is 8.77. The zero-order chi connectivity index (χ0) is 23.9. The third kappa shape index (κ3) is 6.78. The van der Waals surface area contributed by atoms with Gasteiger partial charge in [-0.15, -0.1) is 0 Å². The van der Waals surface area contributed by atoms with Crippen molar-refractivity contribution in [3.8, 4) is 17.2 Å². The minimum atomic E-state index is -3.35. The molecule has 0 saturated carbocycles. The van der Waals surface area contributed by atoms with Crippen molar-refractivity contribution in [1.82, 2.24) is 5.32 Å². The van der Waals surface area contributed by atoms with Gasteiger partial charge in [0, 0.05) is 7.05 Å². The summed E-state index contributed by atoms with van der Waals surface area (Å²) in [7, 11) is -1.87. The number of sulfonamides is 1. The number of anilines is 1. The van der Waals surface area contributed by atoms with Crippen molar-refractivity contribution in [2.75, 3.05) is 30.8 Å². The average molecular weight is 465 g/mol. The van der Waals surface area contributed by atoms with E-state index in [0.29, 0.717) is 36.1 Å². The van der Waals surface area contributed by atoms with Gasteiger partial charge in [0.1, 0.15) is 5.75 Å². The van der Waals surface area contributed by atoms with E-state index in [1.165, 1.54) is 11.4 Å². The Labute approximate surface area is 190 Å². The third-order valence-corrected chi connectivity index (χ3v) is 6.01. The molecule has 32 heavy (non-hydrogen) atoms. The summed E-state index contributed by atoms with van der Waals surface area (Å²) in [5.74, 6) is 1.49. The Morgan fingerprint density at radius 1 is 1.00 bits per heavy atom. The first-order valence-electron chi connectivity index (χ1n) is 10.5. The monoisotopic (exact) mass is 464 g/mol. The summed E-state index contributed by atoms with van der Waals surface area (Å²) in [6, 6.07) is 11.8. The van der Waals surface area contributed by atoms with E-state index in [9.17, 15) is 13.2 Å². The molecule has 0 aromatic heterocycles. The molecule has 2 aromatic carbocycles. The third-order valence-electron chi connectivity index (χ3n) is 4.81. The van der Waals surface area contributed by atoms with Crippen LogP contribution in [0.25, 0.3) is 0 Å². The molecule has 2 atom stereocenters. The van der Waals surface area contributed by atoms with E-state index in [4.69, 9.17) is 14.2 Å². The van der Waals surface area contributed by atoms with Crippen molar-refractivity contribution >= 4 is 21.6 Å². The lowest BCUT2D eigenvalue weighted by atomic mass is 10.1. The van der Waals surface area contributed by atoms with Gasteiger partial charge in [-0.25, -0.2) is 8.42 Å². The Morgan fingerprint density at radius 2 is 1.59 bits per heavy atom. The number of nitrogens with one attached hydrogen (secondary N) is 1. The van der Waals surface area contributed by atoms with Gasteiger partial charge < -0.3 is 19.5 Å².